The highest BCUT2D eigenvalue weighted by atomic mass is 35.5. The summed E-state index contributed by atoms with van der Waals surface area (Å²) in [6.07, 6.45) is 1.92. The fourth-order valence-electron chi connectivity index (χ4n) is 4.37. The third kappa shape index (κ3) is 8.43. The fourth-order valence-corrected chi connectivity index (χ4v) is 4.94. The monoisotopic (exact) mass is 577 g/mol. The molecule has 1 fully saturated rings. The van der Waals surface area contributed by atoms with Gasteiger partial charge in [-0.2, -0.15) is 0 Å². The average Bonchev–Trinajstić information content (AvgIpc) is 3.14. The number of amides is 3. The van der Waals surface area contributed by atoms with Gasteiger partial charge >= 0.3 is 11.9 Å². The third-order valence-corrected chi connectivity index (χ3v) is 7.01. The third-order valence-electron chi connectivity index (χ3n) is 6.38. The zero-order chi connectivity index (χ0) is 28.5. The molecule has 3 amide bonds. The molecule has 208 valence electrons. The van der Waals surface area contributed by atoms with Crippen LogP contribution in [0, 0.1) is 0 Å². The van der Waals surface area contributed by atoms with Crippen molar-refractivity contribution in [3.8, 4) is 0 Å². The van der Waals surface area contributed by atoms with Gasteiger partial charge in [0, 0.05) is 25.1 Å². The molecule has 0 saturated carbocycles. The minimum atomic E-state index is -1.26. The van der Waals surface area contributed by atoms with Crippen LogP contribution in [0.4, 0.5) is 5.69 Å². The molecule has 0 radical (unpaired) electrons. The molecule has 0 aliphatic carbocycles. The molecule has 2 atom stereocenters. The number of carboxylic acid groups (broad SMARTS) is 2. The highest BCUT2D eigenvalue weighted by molar-refractivity contribution is 6.40. The molecule has 2 aromatic carbocycles. The van der Waals surface area contributed by atoms with E-state index in [-0.39, 0.29) is 34.9 Å². The molecule has 1 heterocycles. The quantitative estimate of drug-likeness (QED) is 0.333. The summed E-state index contributed by atoms with van der Waals surface area (Å²) in [5.41, 5.74) is 1.16. The molecule has 3 rings (SSSR count). The minimum Gasteiger partial charge on any atom is -0.481 e. The van der Waals surface area contributed by atoms with Crippen molar-refractivity contribution in [1.29, 1.82) is 0 Å². The molecule has 0 aromatic heterocycles. The van der Waals surface area contributed by atoms with E-state index in [9.17, 15) is 29.1 Å². The van der Waals surface area contributed by atoms with Crippen LogP contribution in [0.3, 0.4) is 0 Å². The highest BCUT2D eigenvalue weighted by Gasteiger charge is 2.33. The summed E-state index contributed by atoms with van der Waals surface area (Å²) in [4.78, 5) is 62.6. The molecular formula is C27H29Cl2N3O7. The largest absolute Gasteiger partial charge is 0.481 e. The van der Waals surface area contributed by atoms with E-state index in [1.54, 1.807) is 42.5 Å². The average molecular weight is 578 g/mol. The van der Waals surface area contributed by atoms with Crippen LogP contribution in [0.1, 0.15) is 54.4 Å². The summed E-state index contributed by atoms with van der Waals surface area (Å²) >= 11 is 12.2. The van der Waals surface area contributed by atoms with Crippen LogP contribution >= 0.6 is 23.2 Å². The van der Waals surface area contributed by atoms with Gasteiger partial charge in [-0.05, 0) is 42.7 Å². The summed E-state index contributed by atoms with van der Waals surface area (Å²) in [6, 6.07) is 9.01. The van der Waals surface area contributed by atoms with E-state index in [1.807, 2.05) is 0 Å². The first-order valence-electron chi connectivity index (χ1n) is 12.5. The first-order valence-corrected chi connectivity index (χ1v) is 13.2. The number of aliphatic carboxylic acids is 2. The molecule has 39 heavy (non-hydrogen) atoms. The highest BCUT2D eigenvalue weighted by Crippen LogP contribution is 2.25. The van der Waals surface area contributed by atoms with Gasteiger partial charge in [0.1, 0.15) is 12.1 Å². The van der Waals surface area contributed by atoms with Gasteiger partial charge in [0.05, 0.1) is 22.0 Å². The maximum Gasteiger partial charge on any atom is 0.326 e. The second-order valence-electron chi connectivity index (χ2n) is 9.20. The first kappa shape index (κ1) is 29.9. The van der Waals surface area contributed by atoms with Gasteiger partial charge in [0.25, 0.3) is 5.91 Å². The molecule has 2 unspecified atom stereocenters. The number of benzene rings is 2. The molecule has 1 aliphatic rings. The van der Waals surface area contributed by atoms with Gasteiger partial charge in [0.15, 0.2) is 0 Å². The smallest absolute Gasteiger partial charge is 0.326 e. The van der Waals surface area contributed by atoms with Gasteiger partial charge in [-0.1, -0.05) is 54.2 Å². The second kappa shape index (κ2) is 14.0. The van der Waals surface area contributed by atoms with E-state index in [2.05, 4.69) is 10.6 Å². The minimum absolute atomic E-state index is 0.0364. The molecule has 1 saturated heterocycles. The van der Waals surface area contributed by atoms with E-state index < -0.39 is 41.7 Å². The van der Waals surface area contributed by atoms with Gasteiger partial charge in [-0.15, -0.1) is 0 Å². The number of likely N-dealkylation sites (tertiary alicyclic amines) is 1. The summed E-state index contributed by atoms with van der Waals surface area (Å²) in [6.45, 7) is 0.306. The Morgan fingerprint density at radius 3 is 2.21 bits per heavy atom. The van der Waals surface area contributed by atoms with Crippen molar-refractivity contribution in [2.24, 2.45) is 0 Å². The SMILES string of the molecule is O=C(O)CCC(=O)N1CCCCCC1C(=O)NC(Cc1ccc(NC(=O)c2c(Cl)cccc2Cl)cc1)C(=O)O. The maximum absolute atomic E-state index is 13.1. The van der Waals surface area contributed by atoms with Crippen molar-refractivity contribution in [3.05, 3.63) is 63.6 Å². The zero-order valence-electron chi connectivity index (χ0n) is 21.0. The lowest BCUT2D eigenvalue weighted by atomic mass is 10.0. The van der Waals surface area contributed by atoms with E-state index in [1.165, 1.54) is 4.90 Å². The van der Waals surface area contributed by atoms with Gasteiger partial charge < -0.3 is 25.7 Å². The van der Waals surface area contributed by atoms with Crippen molar-refractivity contribution in [3.63, 3.8) is 0 Å². The Labute approximate surface area is 235 Å². The first-order chi connectivity index (χ1) is 18.6. The van der Waals surface area contributed by atoms with E-state index in [0.29, 0.717) is 37.1 Å². The van der Waals surface area contributed by atoms with E-state index >= 15 is 0 Å². The number of halogens is 2. The molecule has 4 N–H and O–H groups in total. The number of anilines is 1. The standard InChI is InChI=1S/C27H29Cl2N3O7/c28-18-5-4-6-19(29)24(18)26(37)30-17-10-8-16(9-11-17)15-20(27(38)39)31-25(36)21-7-2-1-3-14-32(21)22(33)12-13-23(34)35/h4-6,8-11,20-21H,1-3,7,12-15H2,(H,30,37)(H,31,36)(H,34,35)(H,38,39). The lowest BCUT2D eigenvalue weighted by Gasteiger charge is -2.30. The normalized spacial score (nSPS) is 16.1. The van der Waals surface area contributed by atoms with Crippen molar-refractivity contribution < 1.29 is 34.2 Å². The van der Waals surface area contributed by atoms with Crippen LogP contribution in [-0.4, -0.2) is 63.4 Å². The number of hydrogen-bond acceptors (Lipinski definition) is 5. The van der Waals surface area contributed by atoms with Gasteiger partial charge in [0.2, 0.25) is 11.8 Å². The Morgan fingerprint density at radius 2 is 1.59 bits per heavy atom. The van der Waals surface area contributed by atoms with Crippen molar-refractivity contribution in [2.45, 2.75) is 57.0 Å². The number of hydrogen-bond donors (Lipinski definition) is 4. The van der Waals surface area contributed by atoms with Crippen LogP contribution in [0.2, 0.25) is 10.0 Å². The number of carbonyl (C=O) groups excluding carboxylic acids is 3. The Balaban J connectivity index is 1.66. The Morgan fingerprint density at radius 1 is 0.923 bits per heavy atom. The lowest BCUT2D eigenvalue weighted by molar-refractivity contribution is -0.146. The summed E-state index contributed by atoms with van der Waals surface area (Å²) in [5, 5.41) is 24.3. The number of rotatable bonds is 10. The number of nitrogens with zero attached hydrogens (tertiary/aromatic N) is 1. The van der Waals surface area contributed by atoms with Crippen molar-refractivity contribution in [2.75, 3.05) is 11.9 Å². The predicted octanol–water partition coefficient (Wildman–Crippen LogP) is 3.99. The lowest BCUT2D eigenvalue weighted by Crippen LogP contribution is -2.53. The van der Waals surface area contributed by atoms with Crippen LogP contribution in [0.25, 0.3) is 0 Å². The molecule has 12 heteroatoms. The van der Waals surface area contributed by atoms with E-state index in [4.69, 9.17) is 28.3 Å². The Bertz CT molecular complexity index is 1220. The molecule has 10 nitrogen and oxygen atoms in total. The van der Waals surface area contributed by atoms with Crippen molar-refractivity contribution in [1.82, 2.24) is 10.2 Å². The van der Waals surface area contributed by atoms with Gasteiger partial charge in [-0.3, -0.25) is 19.2 Å². The summed E-state index contributed by atoms with van der Waals surface area (Å²) < 4.78 is 0. The molecule has 1 aliphatic heterocycles. The number of carbonyl (C=O) groups is 5. The van der Waals surface area contributed by atoms with E-state index in [0.717, 1.165) is 6.42 Å². The second-order valence-corrected chi connectivity index (χ2v) is 10.0. The van der Waals surface area contributed by atoms with Crippen molar-refractivity contribution >= 4 is 58.5 Å². The zero-order valence-corrected chi connectivity index (χ0v) is 22.5. The maximum atomic E-state index is 13.1. The Hall–Kier alpha value is -3.63. The van der Waals surface area contributed by atoms with Crippen LogP contribution in [0.15, 0.2) is 42.5 Å². The Kier molecular flexibility index (Phi) is 10.7. The van der Waals surface area contributed by atoms with Crippen LogP contribution < -0.4 is 10.6 Å². The van der Waals surface area contributed by atoms with Gasteiger partial charge in [-0.25, -0.2) is 4.79 Å². The fraction of sp³-hybridized carbons (Fsp3) is 0.370. The molecule has 0 spiro atoms. The molecular weight excluding hydrogens is 549 g/mol. The topological polar surface area (TPSA) is 153 Å². The number of nitrogens with one attached hydrogen (secondary N) is 2. The predicted molar refractivity (Wildman–Crippen MR) is 145 cm³/mol. The van der Waals surface area contributed by atoms with Crippen LogP contribution in [-0.2, 0) is 25.6 Å². The summed E-state index contributed by atoms with van der Waals surface area (Å²) in [5.74, 6) is -3.88. The molecule has 2 aromatic rings. The number of carboxylic acids is 2. The van der Waals surface area contributed by atoms with Crippen LogP contribution in [0.5, 0.6) is 0 Å². The summed E-state index contributed by atoms with van der Waals surface area (Å²) in [7, 11) is 0. The molecule has 0 bridgehead atoms.